The van der Waals surface area contributed by atoms with Gasteiger partial charge < -0.3 is 19.4 Å². The predicted molar refractivity (Wildman–Crippen MR) is 112 cm³/mol. The summed E-state index contributed by atoms with van der Waals surface area (Å²) < 4.78 is 6.24. The van der Waals surface area contributed by atoms with Gasteiger partial charge in [-0.05, 0) is 50.5 Å². The number of piperidine rings is 2. The van der Waals surface area contributed by atoms with E-state index in [1.807, 2.05) is 15.9 Å². The number of carbonyl (C=O) groups excluding carboxylic acids is 1. The highest BCUT2D eigenvalue weighted by atomic mass is 16.5. The molecule has 4 heterocycles. The Balaban J connectivity index is 1.15. The van der Waals surface area contributed by atoms with Gasteiger partial charge in [0, 0.05) is 57.8 Å². The lowest BCUT2D eigenvalue weighted by Gasteiger charge is -2.41. The van der Waals surface area contributed by atoms with Gasteiger partial charge in [0.25, 0.3) is 0 Å². The minimum absolute atomic E-state index is 0.203. The number of rotatable bonds is 3. The van der Waals surface area contributed by atoms with Crippen LogP contribution in [0, 0.1) is 0 Å². The summed E-state index contributed by atoms with van der Waals surface area (Å²) in [6.07, 6.45) is 11.0. The van der Waals surface area contributed by atoms with Crippen LogP contribution in [0.3, 0.4) is 0 Å². The molecular formula is C23H34N4O2. The van der Waals surface area contributed by atoms with Crippen molar-refractivity contribution in [2.24, 2.45) is 0 Å². The SMILES string of the molecule is O=C(N1CCCCC1)N1CCc2nc(OC3CCN(C4CCC4)CC3)ccc2C1. The van der Waals surface area contributed by atoms with Crippen LogP contribution in [0.2, 0.25) is 0 Å². The summed E-state index contributed by atoms with van der Waals surface area (Å²) >= 11 is 0. The van der Waals surface area contributed by atoms with Gasteiger partial charge >= 0.3 is 6.03 Å². The van der Waals surface area contributed by atoms with Gasteiger partial charge in [-0.2, -0.15) is 0 Å². The number of fused-ring (bicyclic) bond motifs is 1. The summed E-state index contributed by atoms with van der Waals surface area (Å²) in [5, 5.41) is 0. The summed E-state index contributed by atoms with van der Waals surface area (Å²) in [4.78, 5) is 24.3. The van der Waals surface area contributed by atoms with E-state index in [4.69, 9.17) is 9.72 Å². The first kappa shape index (κ1) is 19.2. The lowest BCUT2D eigenvalue weighted by molar-refractivity contribution is 0.0473. The second-order valence-electron chi connectivity index (χ2n) is 9.20. The average Bonchev–Trinajstić information content (AvgIpc) is 2.73. The molecule has 29 heavy (non-hydrogen) atoms. The Morgan fingerprint density at radius 3 is 2.41 bits per heavy atom. The molecule has 4 aliphatic rings. The van der Waals surface area contributed by atoms with Crippen molar-refractivity contribution in [3.05, 3.63) is 23.4 Å². The highest BCUT2D eigenvalue weighted by Crippen LogP contribution is 2.29. The molecule has 0 bridgehead atoms. The summed E-state index contributed by atoms with van der Waals surface area (Å²) in [5.74, 6) is 0.765. The van der Waals surface area contributed by atoms with Crippen LogP contribution in [0.5, 0.6) is 5.88 Å². The third kappa shape index (κ3) is 4.23. The molecular weight excluding hydrogens is 364 g/mol. The van der Waals surface area contributed by atoms with Crippen LogP contribution in [0.1, 0.15) is 62.6 Å². The van der Waals surface area contributed by atoms with Gasteiger partial charge in [-0.1, -0.05) is 12.5 Å². The predicted octanol–water partition coefficient (Wildman–Crippen LogP) is 3.44. The van der Waals surface area contributed by atoms with E-state index in [0.29, 0.717) is 6.54 Å². The van der Waals surface area contributed by atoms with Gasteiger partial charge in [0.15, 0.2) is 0 Å². The van der Waals surface area contributed by atoms with Crippen molar-refractivity contribution in [1.82, 2.24) is 19.7 Å². The van der Waals surface area contributed by atoms with Gasteiger partial charge in [0.2, 0.25) is 5.88 Å². The maximum absolute atomic E-state index is 12.8. The van der Waals surface area contributed by atoms with E-state index in [1.165, 1.54) is 31.2 Å². The largest absolute Gasteiger partial charge is 0.474 e. The number of aromatic nitrogens is 1. The second kappa shape index (κ2) is 8.50. The van der Waals surface area contributed by atoms with Crippen LogP contribution >= 0.6 is 0 Å². The number of ether oxygens (including phenoxy) is 1. The van der Waals surface area contributed by atoms with E-state index in [2.05, 4.69) is 11.0 Å². The molecule has 3 fully saturated rings. The number of carbonyl (C=O) groups is 1. The molecule has 0 atom stereocenters. The topological polar surface area (TPSA) is 48.9 Å². The summed E-state index contributed by atoms with van der Waals surface area (Å²) in [6, 6.07) is 5.17. The van der Waals surface area contributed by atoms with E-state index >= 15 is 0 Å². The molecule has 1 aromatic heterocycles. The first-order chi connectivity index (χ1) is 14.3. The molecule has 2 amide bonds. The molecule has 1 saturated carbocycles. The molecule has 0 spiro atoms. The quantitative estimate of drug-likeness (QED) is 0.783. The highest BCUT2D eigenvalue weighted by Gasteiger charge is 2.30. The van der Waals surface area contributed by atoms with Gasteiger partial charge in [-0.25, -0.2) is 9.78 Å². The Morgan fingerprint density at radius 2 is 1.69 bits per heavy atom. The van der Waals surface area contributed by atoms with Gasteiger partial charge in [-0.15, -0.1) is 0 Å². The minimum atomic E-state index is 0.203. The fourth-order valence-corrected chi connectivity index (χ4v) is 5.19. The van der Waals surface area contributed by atoms with Gasteiger partial charge in [0.1, 0.15) is 6.10 Å². The molecule has 2 saturated heterocycles. The van der Waals surface area contributed by atoms with Crippen LogP contribution in [-0.2, 0) is 13.0 Å². The Hall–Kier alpha value is -1.82. The minimum Gasteiger partial charge on any atom is -0.474 e. The molecule has 0 radical (unpaired) electrons. The lowest BCUT2D eigenvalue weighted by atomic mass is 9.90. The van der Waals surface area contributed by atoms with Crippen molar-refractivity contribution in [3.8, 4) is 5.88 Å². The fraction of sp³-hybridized carbons (Fsp3) is 0.739. The van der Waals surface area contributed by atoms with E-state index in [1.54, 1.807) is 0 Å². The van der Waals surface area contributed by atoms with Crippen LogP contribution in [0.15, 0.2) is 12.1 Å². The third-order valence-corrected chi connectivity index (χ3v) is 7.27. The standard InChI is InChI=1S/C23H34N4O2/c28-23(26-12-2-1-3-13-26)27-16-11-21-18(17-27)7-8-22(24-21)29-20-9-14-25(15-10-20)19-5-4-6-19/h7-8,19-20H,1-6,9-17H2. The van der Waals surface area contributed by atoms with E-state index in [0.717, 1.165) is 82.4 Å². The maximum Gasteiger partial charge on any atom is 0.320 e. The van der Waals surface area contributed by atoms with Crippen molar-refractivity contribution < 1.29 is 9.53 Å². The molecule has 5 rings (SSSR count). The van der Waals surface area contributed by atoms with Crippen LogP contribution in [0.4, 0.5) is 4.79 Å². The van der Waals surface area contributed by atoms with Crippen molar-refractivity contribution in [3.63, 3.8) is 0 Å². The van der Waals surface area contributed by atoms with Crippen LogP contribution in [0.25, 0.3) is 0 Å². The Kier molecular flexibility index (Phi) is 5.62. The van der Waals surface area contributed by atoms with Crippen LogP contribution in [-0.4, -0.2) is 70.6 Å². The van der Waals surface area contributed by atoms with Crippen molar-refractivity contribution >= 4 is 6.03 Å². The number of hydrogen-bond acceptors (Lipinski definition) is 4. The molecule has 6 nitrogen and oxygen atoms in total. The molecule has 1 aliphatic carbocycles. The lowest BCUT2D eigenvalue weighted by Crippen LogP contribution is -2.47. The number of urea groups is 1. The molecule has 6 heteroatoms. The second-order valence-corrected chi connectivity index (χ2v) is 9.20. The first-order valence-electron chi connectivity index (χ1n) is 11.7. The zero-order chi connectivity index (χ0) is 19.6. The molecule has 0 aromatic carbocycles. The highest BCUT2D eigenvalue weighted by molar-refractivity contribution is 5.75. The maximum atomic E-state index is 12.8. The fourth-order valence-electron chi connectivity index (χ4n) is 5.19. The van der Waals surface area contributed by atoms with E-state index in [-0.39, 0.29) is 12.1 Å². The van der Waals surface area contributed by atoms with Crippen molar-refractivity contribution in [1.29, 1.82) is 0 Å². The zero-order valence-corrected chi connectivity index (χ0v) is 17.5. The van der Waals surface area contributed by atoms with Crippen molar-refractivity contribution in [2.75, 3.05) is 32.7 Å². The molecule has 0 N–H and O–H groups in total. The smallest absolute Gasteiger partial charge is 0.320 e. The Morgan fingerprint density at radius 1 is 0.897 bits per heavy atom. The van der Waals surface area contributed by atoms with Crippen LogP contribution < -0.4 is 4.74 Å². The summed E-state index contributed by atoms with van der Waals surface area (Å²) in [6.45, 7) is 5.58. The molecule has 1 aromatic rings. The van der Waals surface area contributed by atoms with E-state index in [9.17, 15) is 4.79 Å². The summed E-state index contributed by atoms with van der Waals surface area (Å²) in [5.41, 5.74) is 2.28. The van der Waals surface area contributed by atoms with Crippen molar-refractivity contribution in [2.45, 2.75) is 76.5 Å². The monoisotopic (exact) mass is 398 g/mol. The number of pyridine rings is 1. The summed E-state index contributed by atoms with van der Waals surface area (Å²) in [7, 11) is 0. The Labute approximate surface area is 174 Å². The first-order valence-corrected chi connectivity index (χ1v) is 11.7. The van der Waals surface area contributed by atoms with Gasteiger partial charge in [0.05, 0.1) is 5.69 Å². The third-order valence-electron chi connectivity index (χ3n) is 7.27. The average molecular weight is 399 g/mol. The number of amides is 2. The van der Waals surface area contributed by atoms with Gasteiger partial charge in [-0.3, -0.25) is 0 Å². The number of nitrogens with zero attached hydrogens (tertiary/aromatic N) is 4. The molecule has 0 unspecified atom stereocenters. The number of hydrogen-bond donors (Lipinski definition) is 0. The molecule has 158 valence electrons. The normalized spacial score (nSPS) is 24.1. The zero-order valence-electron chi connectivity index (χ0n) is 17.5. The van der Waals surface area contributed by atoms with E-state index < -0.39 is 0 Å². The molecule has 3 aliphatic heterocycles. The Bertz CT molecular complexity index is 722. The number of likely N-dealkylation sites (tertiary alicyclic amines) is 2.